The summed E-state index contributed by atoms with van der Waals surface area (Å²) in [5.74, 6) is 0. The zero-order chi connectivity index (χ0) is 21.1. The first-order valence-corrected chi connectivity index (χ1v) is 9.27. The second-order valence-electron chi connectivity index (χ2n) is 6.42. The summed E-state index contributed by atoms with van der Waals surface area (Å²) in [6, 6.07) is 17.5. The second kappa shape index (κ2) is 11.5. The van der Waals surface area contributed by atoms with Crippen molar-refractivity contribution in [2.45, 2.75) is 38.7 Å². The smallest absolute Gasteiger partial charge is 0.429 e. The van der Waals surface area contributed by atoms with Crippen LogP contribution in [0.15, 0.2) is 73.3 Å². The Labute approximate surface area is 170 Å². The molecule has 2 aromatic carbocycles. The normalized spacial score (nSPS) is 12.3. The van der Waals surface area contributed by atoms with Crippen LogP contribution < -0.4 is 5.43 Å². The summed E-state index contributed by atoms with van der Waals surface area (Å²) < 4.78 is 10.4. The quantitative estimate of drug-likeness (QED) is 0.522. The Morgan fingerprint density at radius 1 is 1.03 bits per heavy atom. The number of carbonyl (C=O) groups is 2. The lowest BCUT2D eigenvalue weighted by atomic mass is 10.1. The van der Waals surface area contributed by atoms with Gasteiger partial charge < -0.3 is 14.6 Å². The first-order valence-electron chi connectivity index (χ1n) is 9.27. The van der Waals surface area contributed by atoms with Crippen LogP contribution >= 0.6 is 0 Å². The minimum atomic E-state index is -0.939. The molecule has 2 rings (SSSR count). The molecule has 2 N–H and O–H groups in total. The molecule has 2 atom stereocenters. The monoisotopic (exact) mass is 398 g/mol. The Bertz CT molecular complexity index is 782. The summed E-state index contributed by atoms with van der Waals surface area (Å²) in [5.41, 5.74) is 3.97. The van der Waals surface area contributed by atoms with E-state index in [2.05, 4.69) is 12.0 Å². The molecular weight excluding hydrogens is 372 g/mol. The molecule has 0 bridgehead atoms. The van der Waals surface area contributed by atoms with Gasteiger partial charge in [0.1, 0.15) is 13.2 Å². The van der Waals surface area contributed by atoms with Crippen molar-refractivity contribution in [1.82, 2.24) is 10.4 Å². The third-order valence-corrected chi connectivity index (χ3v) is 4.20. The van der Waals surface area contributed by atoms with E-state index in [1.165, 1.54) is 6.08 Å². The van der Waals surface area contributed by atoms with Gasteiger partial charge in [0.25, 0.3) is 0 Å². The fourth-order valence-electron chi connectivity index (χ4n) is 2.50. The third-order valence-electron chi connectivity index (χ3n) is 4.20. The number of carbonyl (C=O) groups excluding carboxylic acids is 2. The summed E-state index contributed by atoms with van der Waals surface area (Å²) in [6.45, 7) is 5.25. The largest absolute Gasteiger partial charge is 0.443 e. The van der Waals surface area contributed by atoms with Crippen LogP contribution in [0.5, 0.6) is 0 Å². The molecule has 0 aromatic heterocycles. The molecular formula is C22H26N2O5. The van der Waals surface area contributed by atoms with Crippen molar-refractivity contribution in [3.63, 3.8) is 0 Å². The van der Waals surface area contributed by atoms with Gasteiger partial charge in [-0.15, -0.1) is 6.58 Å². The maximum absolute atomic E-state index is 12.6. The number of aliphatic hydroxyl groups is 1. The van der Waals surface area contributed by atoms with Gasteiger partial charge >= 0.3 is 12.2 Å². The van der Waals surface area contributed by atoms with Crippen molar-refractivity contribution < 1.29 is 24.2 Å². The van der Waals surface area contributed by atoms with Crippen molar-refractivity contribution in [2.75, 3.05) is 0 Å². The van der Waals surface area contributed by atoms with Gasteiger partial charge in [0.15, 0.2) is 0 Å². The van der Waals surface area contributed by atoms with Crippen molar-refractivity contribution >= 4 is 12.2 Å². The second-order valence-corrected chi connectivity index (χ2v) is 6.42. The molecule has 0 heterocycles. The van der Waals surface area contributed by atoms with Crippen LogP contribution in [0.4, 0.5) is 9.59 Å². The molecule has 0 radical (unpaired) electrons. The number of ether oxygens (including phenoxy) is 2. The average molecular weight is 398 g/mol. The highest BCUT2D eigenvalue weighted by molar-refractivity contribution is 5.74. The molecule has 0 aliphatic heterocycles. The standard InChI is InChI=1S/C22H26N2O5/c1-3-10-20(25)17(2)24(22(27)29-16-19-13-8-5-9-14-19)23-21(26)28-15-18-11-6-4-7-12-18/h3-9,11-14,17,20,25H,1,10,15-16H2,2H3,(H,23,26)/t17-,20-/m1/s1. The highest BCUT2D eigenvalue weighted by atomic mass is 16.6. The van der Waals surface area contributed by atoms with Crippen LogP contribution in [0.25, 0.3) is 0 Å². The van der Waals surface area contributed by atoms with Gasteiger partial charge in [-0.3, -0.25) is 0 Å². The summed E-state index contributed by atoms with van der Waals surface area (Å²) in [6.07, 6.45) is -0.803. The predicted octanol–water partition coefficient (Wildman–Crippen LogP) is 3.79. The Hall–Kier alpha value is -3.32. The lowest BCUT2D eigenvalue weighted by Gasteiger charge is -2.30. The lowest BCUT2D eigenvalue weighted by Crippen LogP contribution is -2.55. The number of hydrogen-bond donors (Lipinski definition) is 2. The van der Waals surface area contributed by atoms with Crippen LogP contribution in [0, 0.1) is 0 Å². The highest BCUT2D eigenvalue weighted by Crippen LogP contribution is 2.11. The first kappa shape index (κ1) is 22.0. The molecule has 0 saturated carbocycles. The molecule has 0 aliphatic rings. The molecule has 0 fully saturated rings. The van der Waals surface area contributed by atoms with Crippen molar-refractivity contribution in [3.8, 4) is 0 Å². The van der Waals surface area contributed by atoms with E-state index in [9.17, 15) is 14.7 Å². The van der Waals surface area contributed by atoms with E-state index in [1.54, 1.807) is 6.92 Å². The molecule has 2 aromatic rings. The fraction of sp³-hybridized carbons (Fsp3) is 0.273. The van der Waals surface area contributed by atoms with Gasteiger partial charge in [-0.25, -0.2) is 20.0 Å². The summed E-state index contributed by atoms with van der Waals surface area (Å²) >= 11 is 0. The van der Waals surface area contributed by atoms with Crippen molar-refractivity contribution in [3.05, 3.63) is 84.4 Å². The number of rotatable bonds is 8. The van der Waals surface area contributed by atoms with Crippen LogP contribution in [0.3, 0.4) is 0 Å². The van der Waals surface area contributed by atoms with Gasteiger partial charge in [0, 0.05) is 0 Å². The first-order chi connectivity index (χ1) is 14.0. The van der Waals surface area contributed by atoms with Gasteiger partial charge in [0.2, 0.25) is 0 Å². The van der Waals surface area contributed by atoms with E-state index in [0.717, 1.165) is 16.1 Å². The molecule has 7 heteroatoms. The van der Waals surface area contributed by atoms with Crippen LogP contribution in [-0.2, 0) is 22.7 Å². The fourth-order valence-corrected chi connectivity index (χ4v) is 2.50. The number of hydrogen-bond acceptors (Lipinski definition) is 5. The summed E-state index contributed by atoms with van der Waals surface area (Å²) in [4.78, 5) is 24.8. The average Bonchev–Trinajstić information content (AvgIpc) is 2.75. The SMILES string of the molecule is C=CC[C@@H](O)[C@@H](C)N(NC(=O)OCc1ccccc1)C(=O)OCc1ccccc1. The third kappa shape index (κ3) is 7.31. The van der Waals surface area contributed by atoms with Crippen molar-refractivity contribution in [1.29, 1.82) is 0 Å². The van der Waals surface area contributed by atoms with E-state index in [1.807, 2.05) is 60.7 Å². The molecule has 0 unspecified atom stereocenters. The van der Waals surface area contributed by atoms with E-state index in [0.29, 0.717) is 0 Å². The zero-order valence-corrected chi connectivity index (χ0v) is 16.4. The molecule has 0 saturated heterocycles. The highest BCUT2D eigenvalue weighted by Gasteiger charge is 2.29. The number of aliphatic hydroxyl groups excluding tert-OH is 1. The summed E-state index contributed by atoms with van der Waals surface area (Å²) in [5, 5.41) is 11.2. The van der Waals surface area contributed by atoms with Gasteiger partial charge in [-0.1, -0.05) is 66.7 Å². The minimum Gasteiger partial charge on any atom is -0.443 e. The van der Waals surface area contributed by atoms with Crippen LogP contribution in [-0.4, -0.2) is 34.4 Å². The lowest BCUT2D eigenvalue weighted by molar-refractivity contribution is 0.0113. The van der Waals surface area contributed by atoms with Crippen LogP contribution in [0.1, 0.15) is 24.5 Å². The van der Waals surface area contributed by atoms with E-state index in [-0.39, 0.29) is 19.6 Å². The van der Waals surface area contributed by atoms with Crippen molar-refractivity contribution in [2.24, 2.45) is 0 Å². The maximum Gasteiger partial charge on any atom is 0.429 e. The van der Waals surface area contributed by atoms with E-state index in [4.69, 9.17) is 9.47 Å². The number of amides is 2. The Kier molecular flexibility index (Phi) is 8.72. The molecule has 29 heavy (non-hydrogen) atoms. The molecule has 154 valence electrons. The molecule has 7 nitrogen and oxygen atoms in total. The van der Waals surface area contributed by atoms with E-state index < -0.39 is 24.3 Å². The molecule has 0 aliphatic carbocycles. The number of nitrogens with one attached hydrogen (secondary N) is 1. The molecule has 2 amide bonds. The Morgan fingerprint density at radius 3 is 2.07 bits per heavy atom. The van der Waals surface area contributed by atoms with E-state index >= 15 is 0 Å². The zero-order valence-electron chi connectivity index (χ0n) is 16.4. The maximum atomic E-state index is 12.6. The Morgan fingerprint density at radius 2 is 1.55 bits per heavy atom. The van der Waals surface area contributed by atoms with Gasteiger partial charge in [-0.05, 0) is 24.5 Å². The number of hydrazine groups is 1. The van der Waals surface area contributed by atoms with Crippen LogP contribution in [0.2, 0.25) is 0 Å². The number of benzene rings is 2. The topological polar surface area (TPSA) is 88.1 Å². The van der Waals surface area contributed by atoms with Gasteiger partial charge in [0.05, 0.1) is 12.1 Å². The molecule has 0 spiro atoms. The minimum absolute atomic E-state index is 0.0290. The summed E-state index contributed by atoms with van der Waals surface area (Å²) in [7, 11) is 0. The number of nitrogens with zero attached hydrogens (tertiary/aromatic N) is 1. The Balaban J connectivity index is 1.99. The predicted molar refractivity (Wildman–Crippen MR) is 109 cm³/mol. The van der Waals surface area contributed by atoms with Gasteiger partial charge in [-0.2, -0.15) is 0 Å².